The molecule has 0 aromatic heterocycles. The number of hydrogen-bond donors (Lipinski definition) is 2. The molecule has 0 heterocycles. The summed E-state index contributed by atoms with van der Waals surface area (Å²) in [5, 5.41) is 17.0. The van der Waals surface area contributed by atoms with E-state index in [4.69, 9.17) is 14.9 Å². The van der Waals surface area contributed by atoms with Crippen LogP contribution in [0.25, 0.3) is 12.2 Å². The molecule has 0 aliphatic carbocycles. The van der Waals surface area contributed by atoms with Crippen LogP contribution in [0.5, 0.6) is 5.75 Å². The van der Waals surface area contributed by atoms with Gasteiger partial charge in [-0.1, -0.05) is 12.1 Å². The normalized spacial score (nSPS) is 10.9. The predicted molar refractivity (Wildman–Crippen MR) is 66.3 cm³/mol. The van der Waals surface area contributed by atoms with Gasteiger partial charge in [-0.3, -0.25) is 0 Å². The molecule has 0 unspecified atom stereocenters. The van der Waals surface area contributed by atoms with Crippen molar-refractivity contribution >= 4 is 24.1 Å². The van der Waals surface area contributed by atoms with E-state index in [0.29, 0.717) is 16.9 Å². The Morgan fingerprint density at radius 3 is 2.28 bits per heavy atom. The summed E-state index contributed by atoms with van der Waals surface area (Å²) in [6.07, 6.45) is 4.85. The van der Waals surface area contributed by atoms with Gasteiger partial charge in [-0.2, -0.15) is 0 Å². The highest BCUT2D eigenvalue weighted by Gasteiger charge is 2.01. The van der Waals surface area contributed by atoms with Crippen molar-refractivity contribution in [3.05, 3.63) is 41.5 Å². The van der Waals surface area contributed by atoms with Gasteiger partial charge in [0, 0.05) is 17.7 Å². The van der Waals surface area contributed by atoms with Crippen molar-refractivity contribution in [3.8, 4) is 5.75 Å². The van der Waals surface area contributed by atoms with Crippen LogP contribution in [0, 0.1) is 0 Å². The molecule has 94 valence electrons. The first-order chi connectivity index (χ1) is 8.52. The Balaban J connectivity index is 3.03. The average molecular weight is 248 g/mol. The highest BCUT2D eigenvalue weighted by atomic mass is 16.5. The molecule has 18 heavy (non-hydrogen) atoms. The average Bonchev–Trinajstić information content (AvgIpc) is 2.34. The summed E-state index contributed by atoms with van der Waals surface area (Å²) < 4.78 is 5.10. The lowest BCUT2D eigenvalue weighted by Crippen LogP contribution is -1.91. The maximum atomic E-state index is 10.4. The fraction of sp³-hybridized carbons (Fsp3) is 0.0769. The molecule has 1 aromatic rings. The Bertz CT molecular complexity index is 514. The number of benzene rings is 1. The van der Waals surface area contributed by atoms with Gasteiger partial charge in [-0.25, -0.2) is 9.59 Å². The molecule has 5 nitrogen and oxygen atoms in total. The van der Waals surface area contributed by atoms with Gasteiger partial charge in [0.15, 0.2) is 0 Å². The molecular weight excluding hydrogens is 236 g/mol. The van der Waals surface area contributed by atoms with Gasteiger partial charge in [0.1, 0.15) is 5.75 Å². The molecule has 0 bridgehead atoms. The minimum Gasteiger partial charge on any atom is -0.496 e. The zero-order chi connectivity index (χ0) is 13.5. The summed E-state index contributed by atoms with van der Waals surface area (Å²) in [4.78, 5) is 20.8. The van der Waals surface area contributed by atoms with Crippen molar-refractivity contribution in [2.24, 2.45) is 0 Å². The van der Waals surface area contributed by atoms with Crippen LogP contribution in [0.15, 0.2) is 30.4 Å². The zero-order valence-electron chi connectivity index (χ0n) is 9.66. The second-order valence-corrected chi connectivity index (χ2v) is 3.34. The first-order valence-corrected chi connectivity index (χ1v) is 5.03. The van der Waals surface area contributed by atoms with E-state index < -0.39 is 11.9 Å². The first-order valence-electron chi connectivity index (χ1n) is 5.03. The largest absolute Gasteiger partial charge is 0.496 e. The van der Waals surface area contributed by atoms with Crippen LogP contribution in [-0.2, 0) is 9.59 Å². The Labute approximate surface area is 104 Å². The number of carboxylic acids is 2. The number of rotatable bonds is 5. The van der Waals surface area contributed by atoms with Gasteiger partial charge in [0.05, 0.1) is 7.11 Å². The molecule has 0 saturated heterocycles. The lowest BCUT2D eigenvalue weighted by atomic mass is 10.1. The van der Waals surface area contributed by atoms with E-state index in [1.165, 1.54) is 19.3 Å². The summed E-state index contributed by atoms with van der Waals surface area (Å²) >= 11 is 0. The zero-order valence-corrected chi connectivity index (χ0v) is 9.66. The van der Waals surface area contributed by atoms with Gasteiger partial charge in [0.2, 0.25) is 0 Å². The Morgan fingerprint density at radius 1 is 1.11 bits per heavy atom. The van der Waals surface area contributed by atoms with Crippen LogP contribution in [0.1, 0.15) is 11.1 Å². The van der Waals surface area contributed by atoms with E-state index in [-0.39, 0.29) is 0 Å². The molecule has 2 N–H and O–H groups in total. The lowest BCUT2D eigenvalue weighted by Gasteiger charge is -2.05. The third kappa shape index (κ3) is 4.13. The summed E-state index contributed by atoms with van der Waals surface area (Å²) in [5.41, 5.74) is 1.26. The molecular formula is C13H12O5. The van der Waals surface area contributed by atoms with Crippen LogP contribution < -0.4 is 4.74 Å². The van der Waals surface area contributed by atoms with Gasteiger partial charge in [-0.15, -0.1) is 0 Å². The van der Waals surface area contributed by atoms with E-state index in [9.17, 15) is 9.59 Å². The highest BCUT2D eigenvalue weighted by Crippen LogP contribution is 2.22. The minimum absolute atomic E-state index is 0.472. The second kappa shape index (κ2) is 6.24. The summed E-state index contributed by atoms with van der Waals surface area (Å²) in [6.45, 7) is 0. The van der Waals surface area contributed by atoms with Gasteiger partial charge in [-0.05, 0) is 23.8 Å². The Morgan fingerprint density at radius 2 is 1.72 bits per heavy atom. The fourth-order valence-corrected chi connectivity index (χ4v) is 1.30. The summed E-state index contributed by atoms with van der Waals surface area (Å²) in [7, 11) is 1.46. The van der Waals surface area contributed by atoms with E-state index in [0.717, 1.165) is 12.2 Å². The van der Waals surface area contributed by atoms with Crippen molar-refractivity contribution in [2.45, 2.75) is 0 Å². The quantitative estimate of drug-likeness (QED) is 0.777. The molecule has 0 saturated carbocycles. The predicted octanol–water partition coefficient (Wildman–Crippen LogP) is 1.89. The van der Waals surface area contributed by atoms with Gasteiger partial charge >= 0.3 is 11.9 Å². The van der Waals surface area contributed by atoms with E-state index in [1.54, 1.807) is 18.2 Å². The summed E-state index contributed by atoms with van der Waals surface area (Å²) in [5.74, 6) is -1.62. The molecule has 0 atom stereocenters. The number of aliphatic carboxylic acids is 2. The molecule has 0 amide bonds. The van der Waals surface area contributed by atoms with Crippen LogP contribution in [-0.4, -0.2) is 29.3 Å². The fourth-order valence-electron chi connectivity index (χ4n) is 1.30. The van der Waals surface area contributed by atoms with Crippen molar-refractivity contribution in [3.63, 3.8) is 0 Å². The monoisotopic (exact) mass is 248 g/mol. The van der Waals surface area contributed by atoms with Crippen LogP contribution in [0.4, 0.5) is 0 Å². The SMILES string of the molecule is COc1cc(/C=C/C(=O)O)ccc1/C=C/C(=O)O. The van der Waals surface area contributed by atoms with Crippen molar-refractivity contribution in [1.29, 1.82) is 0 Å². The van der Waals surface area contributed by atoms with Gasteiger partial charge < -0.3 is 14.9 Å². The molecule has 0 fully saturated rings. The molecule has 1 aromatic carbocycles. The maximum absolute atomic E-state index is 10.4. The standard InChI is InChI=1S/C13H12O5/c1-18-11-8-9(3-6-12(14)15)2-4-10(11)5-7-13(16)17/h2-8H,1H3,(H,14,15)(H,16,17)/b6-3+,7-5+. The maximum Gasteiger partial charge on any atom is 0.328 e. The smallest absolute Gasteiger partial charge is 0.328 e. The first kappa shape index (κ1) is 13.5. The number of hydrogen-bond acceptors (Lipinski definition) is 3. The third-order valence-corrected chi connectivity index (χ3v) is 2.08. The molecule has 0 radical (unpaired) electrons. The molecule has 0 aliphatic heterocycles. The second-order valence-electron chi connectivity index (χ2n) is 3.34. The van der Waals surface area contributed by atoms with E-state index in [2.05, 4.69) is 0 Å². The lowest BCUT2D eigenvalue weighted by molar-refractivity contribution is -0.132. The molecule has 0 aliphatic rings. The molecule has 1 rings (SSSR count). The molecule has 5 heteroatoms. The van der Waals surface area contributed by atoms with Gasteiger partial charge in [0.25, 0.3) is 0 Å². The highest BCUT2D eigenvalue weighted by molar-refractivity contribution is 5.87. The topological polar surface area (TPSA) is 83.8 Å². The van der Waals surface area contributed by atoms with Crippen LogP contribution >= 0.6 is 0 Å². The number of carbonyl (C=O) groups is 2. The number of methoxy groups -OCH3 is 1. The Hall–Kier alpha value is -2.56. The van der Waals surface area contributed by atoms with Crippen molar-refractivity contribution in [2.75, 3.05) is 7.11 Å². The van der Waals surface area contributed by atoms with Crippen molar-refractivity contribution in [1.82, 2.24) is 0 Å². The number of carboxylic acid groups (broad SMARTS) is 2. The molecule has 0 spiro atoms. The van der Waals surface area contributed by atoms with Crippen LogP contribution in [0.2, 0.25) is 0 Å². The summed E-state index contributed by atoms with van der Waals surface area (Å²) in [6, 6.07) is 4.95. The Kier molecular flexibility index (Phi) is 4.68. The van der Waals surface area contributed by atoms with Crippen molar-refractivity contribution < 1.29 is 24.5 Å². The van der Waals surface area contributed by atoms with Crippen LogP contribution in [0.3, 0.4) is 0 Å². The van der Waals surface area contributed by atoms with E-state index >= 15 is 0 Å². The number of ether oxygens (including phenoxy) is 1. The van der Waals surface area contributed by atoms with E-state index in [1.807, 2.05) is 0 Å². The minimum atomic E-state index is -1.05. The third-order valence-electron chi connectivity index (χ3n) is 2.08.